The molecule has 2 aromatic rings. The van der Waals surface area contributed by atoms with Crippen LogP contribution in [-0.2, 0) is 9.53 Å². The predicted octanol–water partition coefficient (Wildman–Crippen LogP) is 5.69. The van der Waals surface area contributed by atoms with Gasteiger partial charge in [-0.15, -0.1) is 0 Å². The molecule has 168 valence electrons. The van der Waals surface area contributed by atoms with Crippen molar-refractivity contribution in [3.05, 3.63) is 105 Å². The van der Waals surface area contributed by atoms with Crippen LogP contribution in [-0.4, -0.2) is 24.1 Å². The molecule has 0 saturated carbocycles. The largest absolute Gasteiger partial charge is 0.458 e. The maximum atomic E-state index is 12.9. The first-order valence-corrected chi connectivity index (χ1v) is 11.6. The van der Waals surface area contributed by atoms with Gasteiger partial charge in [-0.05, 0) is 25.5 Å². The molecule has 0 amide bonds. The zero-order valence-electron chi connectivity index (χ0n) is 18.4. The molecule has 0 spiro atoms. The highest BCUT2D eigenvalue weighted by Gasteiger charge is 2.36. The summed E-state index contributed by atoms with van der Waals surface area (Å²) in [5, 5.41) is 14.2. The molecule has 1 aliphatic heterocycles. The van der Waals surface area contributed by atoms with E-state index >= 15 is 0 Å². The van der Waals surface area contributed by atoms with E-state index in [1.165, 1.54) is 17.8 Å². The molecule has 1 aliphatic rings. The highest BCUT2D eigenvalue weighted by atomic mass is 35.5. The topological polar surface area (TPSA) is 79.2 Å². The summed E-state index contributed by atoms with van der Waals surface area (Å²) in [6.07, 6.45) is 1.48. The van der Waals surface area contributed by atoms with Crippen LogP contribution in [0.5, 0.6) is 0 Å². The number of allylic oxidation sites excluding steroid dienone is 2. The van der Waals surface area contributed by atoms with Crippen molar-refractivity contribution in [2.45, 2.75) is 19.8 Å². The molecule has 0 saturated heterocycles. The molecule has 1 atom stereocenters. The molecule has 1 heterocycles. The van der Waals surface area contributed by atoms with Crippen LogP contribution in [0.3, 0.4) is 0 Å². The number of halogens is 1. The lowest BCUT2D eigenvalue weighted by molar-refractivity contribution is -0.138. The van der Waals surface area contributed by atoms with E-state index in [-0.39, 0.29) is 18.1 Å². The van der Waals surface area contributed by atoms with Gasteiger partial charge in [0.1, 0.15) is 6.61 Å². The molecule has 2 aromatic carbocycles. The van der Waals surface area contributed by atoms with Crippen LogP contribution in [0.25, 0.3) is 0 Å². The number of nitriles is 1. The van der Waals surface area contributed by atoms with Crippen molar-refractivity contribution in [2.24, 2.45) is 0 Å². The number of carbonyl (C=O) groups is 2. The number of hydrogen-bond donors (Lipinski definition) is 1. The van der Waals surface area contributed by atoms with Gasteiger partial charge in [0.15, 0.2) is 5.78 Å². The average Bonchev–Trinajstić information content (AvgIpc) is 2.81. The predicted molar refractivity (Wildman–Crippen MR) is 132 cm³/mol. The Morgan fingerprint density at radius 1 is 1.21 bits per heavy atom. The fourth-order valence-electron chi connectivity index (χ4n) is 3.49. The minimum Gasteiger partial charge on any atom is -0.458 e. The van der Waals surface area contributed by atoms with E-state index in [4.69, 9.17) is 16.3 Å². The number of nitrogens with zero attached hydrogens (tertiary/aromatic N) is 1. The molecule has 7 heteroatoms. The van der Waals surface area contributed by atoms with Crippen molar-refractivity contribution in [2.75, 3.05) is 12.4 Å². The Kier molecular flexibility index (Phi) is 8.16. The number of ether oxygens (including phenoxy) is 1. The average molecular weight is 479 g/mol. The molecule has 5 nitrogen and oxygen atoms in total. The summed E-state index contributed by atoms with van der Waals surface area (Å²) < 4.78 is 5.30. The standard InChI is InChI=1S/C26H23ClN2O3S/c1-4-13-32-26(31)23-17(3)29-25(33-15-22(30)18-11-9-16(2)10-12-18)20(14-28)24(23)19-7-5-6-8-21(19)27/h4-12,24,29H,1,13,15H2,2-3H3. The Bertz CT molecular complexity index is 1190. The van der Waals surface area contributed by atoms with Crippen LogP contribution >= 0.6 is 23.4 Å². The first-order valence-electron chi connectivity index (χ1n) is 10.2. The van der Waals surface area contributed by atoms with Gasteiger partial charge in [-0.1, -0.05) is 84.0 Å². The van der Waals surface area contributed by atoms with Crippen LogP contribution in [0.4, 0.5) is 0 Å². The third kappa shape index (κ3) is 5.57. The summed E-state index contributed by atoms with van der Waals surface area (Å²) in [6, 6.07) is 16.7. The molecule has 0 radical (unpaired) electrons. The number of thioether (sulfide) groups is 1. The Morgan fingerprint density at radius 3 is 2.55 bits per heavy atom. The molecule has 1 N–H and O–H groups in total. The normalized spacial score (nSPS) is 15.5. The Balaban J connectivity index is 1.98. The number of esters is 1. The molecule has 0 fully saturated rings. The quantitative estimate of drug-likeness (QED) is 0.298. The number of aryl methyl sites for hydroxylation is 1. The molecule has 0 aliphatic carbocycles. The number of carbonyl (C=O) groups excluding carboxylic acids is 2. The van der Waals surface area contributed by atoms with Gasteiger partial charge >= 0.3 is 5.97 Å². The van der Waals surface area contributed by atoms with Gasteiger partial charge in [-0.25, -0.2) is 4.79 Å². The van der Waals surface area contributed by atoms with E-state index in [0.29, 0.717) is 38.0 Å². The lowest BCUT2D eigenvalue weighted by Crippen LogP contribution is -2.29. The summed E-state index contributed by atoms with van der Waals surface area (Å²) in [4.78, 5) is 25.6. The summed E-state index contributed by atoms with van der Waals surface area (Å²) in [5.41, 5.74) is 3.44. The van der Waals surface area contributed by atoms with E-state index in [2.05, 4.69) is 18.0 Å². The van der Waals surface area contributed by atoms with E-state index < -0.39 is 11.9 Å². The number of nitrogens with one attached hydrogen (secondary N) is 1. The van der Waals surface area contributed by atoms with Crippen molar-refractivity contribution in [3.8, 4) is 6.07 Å². The first-order chi connectivity index (χ1) is 15.9. The third-order valence-electron chi connectivity index (χ3n) is 5.14. The SMILES string of the molecule is C=CCOC(=O)C1=C(C)NC(SCC(=O)c2ccc(C)cc2)=C(C#N)C1c1ccccc1Cl. The number of dihydropyridines is 1. The molecule has 33 heavy (non-hydrogen) atoms. The zero-order valence-corrected chi connectivity index (χ0v) is 19.9. The van der Waals surface area contributed by atoms with Crippen LogP contribution in [0, 0.1) is 18.3 Å². The maximum absolute atomic E-state index is 12.9. The Hall–Kier alpha value is -3.27. The number of hydrogen-bond acceptors (Lipinski definition) is 6. The van der Waals surface area contributed by atoms with E-state index in [9.17, 15) is 14.9 Å². The van der Waals surface area contributed by atoms with Crippen molar-refractivity contribution >= 4 is 35.1 Å². The van der Waals surface area contributed by atoms with Crippen LogP contribution in [0.1, 0.15) is 34.3 Å². The van der Waals surface area contributed by atoms with Crippen LogP contribution in [0.2, 0.25) is 5.02 Å². The fourth-order valence-corrected chi connectivity index (χ4v) is 4.72. The van der Waals surface area contributed by atoms with Gasteiger partial charge in [0, 0.05) is 16.3 Å². The molecule has 0 aromatic heterocycles. The molecule has 0 bridgehead atoms. The van der Waals surface area contributed by atoms with Gasteiger partial charge in [0.25, 0.3) is 0 Å². The van der Waals surface area contributed by atoms with Gasteiger partial charge in [-0.2, -0.15) is 5.26 Å². The smallest absolute Gasteiger partial charge is 0.337 e. The Morgan fingerprint density at radius 2 is 1.91 bits per heavy atom. The van der Waals surface area contributed by atoms with Gasteiger partial charge in [-0.3, -0.25) is 4.79 Å². The number of rotatable bonds is 8. The van der Waals surface area contributed by atoms with E-state index in [1.807, 2.05) is 19.1 Å². The van der Waals surface area contributed by atoms with Gasteiger partial charge in [0.05, 0.1) is 33.9 Å². The van der Waals surface area contributed by atoms with Crippen LogP contribution < -0.4 is 5.32 Å². The summed E-state index contributed by atoms with van der Waals surface area (Å²) in [6.45, 7) is 7.32. The lowest BCUT2D eigenvalue weighted by Gasteiger charge is -2.29. The third-order valence-corrected chi connectivity index (χ3v) is 6.50. The summed E-state index contributed by atoms with van der Waals surface area (Å²) in [5.74, 6) is -1.20. The van der Waals surface area contributed by atoms with Crippen molar-refractivity contribution in [3.63, 3.8) is 0 Å². The fraction of sp³-hybridized carbons (Fsp3) is 0.192. The highest BCUT2D eigenvalue weighted by molar-refractivity contribution is 8.03. The molecular formula is C26H23ClN2O3S. The summed E-state index contributed by atoms with van der Waals surface area (Å²) in [7, 11) is 0. The van der Waals surface area contributed by atoms with Crippen molar-refractivity contribution in [1.82, 2.24) is 5.32 Å². The van der Waals surface area contributed by atoms with E-state index in [0.717, 1.165) is 5.56 Å². The molecule has 1 unspecified atom stereocenters. The monoisotopic (exact) mass is 478 g/mol. The van der Waals surface area contributed by atoms with Crippen LogP contribution in [0.15, 0.2) is 83.1 Å². The molecular weight excluding hydrogens is 456 g/mol. The number of Topliss-reactive ketones (excluding diaryl/α,β-unsaturated/α-hetero) is 1. The molecule has 3 rings (SSSR count). The second-order valence-corrected chi connectivity index (χ2v) is 8.83. The van der Waals surface area contributed by atoms with Crippen molar-refractivity contribution in [1.29, 1.82) is 5.26 Å². The lowest BCUT2D eigenvalue weighted by atomic mass is 9.82. The van der Waals surface area contributed by atoms with E-state index in [1.54, 1.807) is 43.3 Å². The number of benzene rings is 2. The highest BCUT2D eigenvalue weighted by Crippen LogP contribution is 2.43. The maximum Gasteiger partial charge on any atom is 0.337 e. The van der Waals surface area contributed by atoms with Crippen molar-refractivity contribution < 1.29 is 14.3 Å². The minimum absolute atomic E-state index is 0.0448. The minimum atomic E-state index is -0.723. The number of ketones is 1. The second-order valence-electron chi connectivity index (χ2n) is 7.44. The van der Waals surface area contributed by atoms with Gasteiger partial charge in [0.2, 0.25) is 0 Å². The second kappa shape index (κ2) is 11.0. The first kappa shape index (κ1) is 24.4. The zero-order chi connectivity index (χ0) is 24.0. The van der Waals surface area contributed by atoms with Gasteiger partial charge < -0.3 is 10.1 Å². The summed E-state index contributed by atoms with van der Waals surface area (Å²) >= 11 is 7.69. The Labute approximate surface area is 202 Å².